The van der Waals surface area contributed by atoms with E-state index in [1.165, 1.54) is 25.8 Å². The van der Waals surface area contributed by atoms with E-state index < -0.39 is 0 Å². The highest BCUT2D eigenvalue weighted by atomic mass is 127. The zero-order chi connectivity index (χ0) is 21.5. The van der Waals surface area contributed by atoms with Crippen molar-refractivity contribution in [2.45, 2.75) is 0 Å². The molecule has 0 saturated heterocycles. The van der Waals surface area contributed by atoms with Crippen LogP contribution in [0.5, 0.6) is 0 Å². The van der Waals surface area contributed by atoms with Crippen LogP contribution < -0.4 is 0 Å². The van der Waals surface area contributed by atoms with E-state index in [2.05, 4.69) is 126 Å². The van der Waals surface area contributed by atoms with Gasteiger partial charge in [-0.25, -0.2) is 0 Å². The number of benzene rings is 4. The highest BCUT2D eigenvalue weighted by Gasteiger charge is 1.99. The van der Waals surface area contributed by atoms with Crippen molar-refractivity contribution in [2.75, 3.05) is 0 Å². The van der Waals surface area contributed by atoms with Crippen LogP contribution in [0.15, 0.2) is 97.1 Å². The lowest BCUT2D eigenvalue weighted by Gasteiger charge is -2.04. The van der Waals surface area contributed by atoms with E-state index in [4.69, 9.17) is 5.26 Å². The van der Waals surface area contributed by atoms with Crippen molar-refractivity contribution in [3.8, 4) is 17.2 Å². The largest absolute Gasteiger partial charge is 0.192 e. The van der Waals surface area contributed by atoms with E-state index in [9.17, 15) is 0 Å². The Labute approximate surface area is 197 Å². The first-order valence-electron chi connectivity index (χ1n) is 10.0. The van der Waals surface area contributed by atoms with Gasteiger partial charge in [-0.1, -0.05) is 103 Å². The van der Waals surface area contributed by atoms with E-state index in [0.717, 1.165) is 11.1 Å². The molecule has 0 atom stereocenters. The maximum atomic E-state index is 8.88. The average molecular weight is 509 g/mol. The summed E-state index contributed by atoms with van der Waals surface area (Å²) in [5, 5.41) is 8.88. The molecule has 0 amide bonds. The van der Waals surface area contributed by atoms with Crippen LogP contribution in [0.3, 0.4) is 0 Å². The fraction of sp³-hybridized carbons (Fsp3) is 0. The second-order valence-corrected chi connectivity index (χ2v) is 8.33. The number of hydrogen-bond acceptors (Lipinski definition) is 1. The van der Waals surface area contributed by atoms with E-state index in [1.807, 2.05) is 24.3 Å². The molecule has 0 aliphatic carbocycles. The molecule has 0 radical (unpaired) electrons. The molecule has 0 spiro atoms. The third-order valence-electron chi connectivity index (χ3n) is 5.02. The first kappa shape index (κ1) is 20.8. The summed E-state index contributed by atoms with van der Waals surface area (Å²) in [7, 11) is 0. The van der Waals surface area contributed by atoms with Crippen molar-refractivity contribution in [3.05, 3.63) is 128 Å². The molecule has 2 heteroatoms. The smallest absolute Gasteiger partial charge is 0.0991 e. The number of halogens is 1. The van der Waals surface area contributed by atoms with Gasteiger partial charge < -0.3 is 0 Å². The van der Waals surface area contributed by atoms with Crippen molar-refractivity contribution in [2.24, 2.45) is 0 Å². The van der Waals surface area contributed by atoms with E-state index >= 15 is 0 Å². The number of nitriles is 1. The number of nitrogens with zero attached hydrogens (tertiary/aromatic N) is 1. The molecule has 0 saturated carbocycles. The summed E-state index contributed by atoms with van der Waals surface area (Å²) in [4.78, 5) is 0. The van der Waals surface area contributed by atoms with Gasteiger partial charge in [-0.05, 0) is 74.2 Å². The second kappa shape index (κ2) is 10.1. The lowest BCUT2D eigenvalue weighted by atomic mass is 10.0. The van der Waals surface area contributed by atoms with Gasteiger partial charge in [0, 0.05) is 3.57 Å². The molecule has 0 fully saturated rings. The predicted molar refractivity (Wildman–Crippen MR) is 140 cm³/mol. The second-order valence-electron chi connectivity index (χ2n) is 7.17. The van der Waals surface area contributed by atoms with Crippen molar-refractivity contribution in [3.63, 3.8) is 0 Å². The fourth-order valence-electron chi connectivity index (χ4n) is 3.23. The van der Waals surface area contributed by atoms with Crippen LogP contribution in [0.25, 0.3) is 35.4 Å². The third kappa shape index (κ3) is 5.59. The van der Waals surface area contributed by atoms with Crippen molar-refractivity contribution >= 4 is 46.9 Å². The molecule has 1 nitrogen and oxygen atoms in total. The molecule has 0 bridgehead atoms. The van der Waals surface area contributed by atoms with Crippen molar-refractivity contribution in [1.82, 2.24) is 0 Å². The minimum Gasteiger partial charge on any atom is -0.192 e. The predicted octanol–water partition coefficient (Wildman–Crippen LogP) is 8.17. The van der Waals surface area contributed by atoms with Crippen LogP contribution in [0.4, 0.5) is 0 Å². The topological polar surface area (TPSA) is 23.8 Å². The van der Waals surface area contributed by atoms with Crippen LogP contribution in [0.2, 0.25) is 0 Å². The van der Waals surface area contributed by atoms with Gasteiger partial charge in [0.2, 0.25) is 0 Å². The number of hydrogen-bond donors (Lipinski definition) is 0. The van der Waals surface area contributed by atoms with Crippen LogP contribution in [0, 0.1) is 14.9 Å². The fourth-order valence-corrected chi connectivity index (χ4v) is 3.80. The standard InChI is InChI=1S/C29H20IN/c30-29-4-2-1-3-28(29)20-15-24-13-18-27(19-14-24)26-16-11-23(12-17-26)6-5-22-7-9-25(21-31)10-8-22/h1-20H/b6-5+,20-15+. The molecule has 0 aromatic heterocycles. The van der Waals surface area contributed by atoms with Crippen LogP contribution in [-0.4, -0.2) is 0 Å². The molecule has 0 unspecified atom stereocenters. The summed E-state index contributed by atoms with van der Waals surface area (Å²) in [5.74, 6) is 0. The Kier molecular flexibility index (Phi) is 6.76. The Morgan fingerprint density at radius 1 is 0.548 bits per heavy atom. The van der Waals surface area contributed by atoms with Crippen LogP contribution >= 0.6 is 22.6 Å². The molecule has 31 heavy (non-hydrogen) atoms. The Morgan fingerprint density at radius 3 is 1.48 bits per heavy atom. The minimum atomic E-state index is 0.679. The summed E-state index contributed by atoms with van der Waals surface area (Å²) in [6.07, 6.45) is 8.46. The molecule has 0 heterocycles. The molecule has 4 aromatic carbocycles. The Morgan fingerprint density at radius 2 is 1.00 bits per heavy atom. The van der Waals surface area contributed by atoms with Gasteiger partial charge in [0.05, 0.1) is 11.6 Å². The lowest BCUT2D eigenvalue weighted by molar-refractivity contribution is 1.48. The molecule has 4 rings (SSSR count). The average Bonchev–Trinajstić information content (AvgIpc) is 2.83. The third-order valence-corrected chi connectivity index (χ3v) is 6.01. The monoisotopic (exact) mass is 509 g/mol. The van der Waals surface area contributed by atoms with E-state index in [1.54, 1.807) is 0 Å². The summed E-state index contributed by atoms with van der Waals surface area (Å²) < 4.78 is 1.25. The SMILES string of the molecule is N#Cc1ccc(/C=C/c2ccc(-c3ccc(/C=C/c4ccccc4I)cc3)cc2)cc1. The van der Waals surface area contributed by atoms with Crippen molar-refractivity contribution < 1.29 is 0 Å². The highest BCUT2D eigenvalue weighted by molar-refractivity contribution is 14.1. The van der Waals surface area contributed by atoms with Crippen molar-refractivity contribution in [1.29, 1.82) is 5.26 Å². The van der Waals surface area contributed by atoms with Gasteiger partial charge in [0.1, 0.15) is 0 Å². The van der Waals surface area contributed by atoms with Gasteiger partial charge in [0.25, 0.3) is 0 Å². The number of rotatable bonds is 5. The van der Waals surface area contributed by atoms with Crippen LogP contribution in [0.1, 0.15) is 27.8 Å². The molecule has 4 aromatic rings. The normalized spacial score (nSPS) is 11.1. The molecule has 148 valence electrons. The molecule has 0 N–H and O–H groups in total. The Balaban J connectivity index is 1.43. The molecular formula is C29H20IN. The minimum absolute atomic E-state index is 0.679. The first-order valence-corrected chi connectivity index (χ1v) is 11.1. The zero-order valence-electron chi connectivity index (χ0n) is 16.9. The lowest BCUT2D eigenvalue weighted by Crippen LogP contribution is -1.81. The molecule has 0 aliphatic heterocycles. The van der Waals surface area contributed by atoms with Gasteiger partial charge >= 0.3 is 0 Å². The summed E-state index contributed by atoms with van der Waals surface area (Å²) in [5.41, 5.74) is 7.72. The maximum absolute atomic E-state index is 8.88. The Bertz CT molecular complexity index is 1260. The van der Waals surface area contributed by atoms with E-state index in [-0.39, 0.29) is 0 Å². The van der Waals surface area contributed by atoms with E-state index in [0.29, 0.717) is 5.56 Å². The highest BCUT2D eigenvalue weighted by Crippen LogP contribution is 2.22. The first-order chi connectivity index (χ1) is 15.2. The molecule has 0 aliphatic rings. The maximum Gasteiger partial charge on any atom is 0.0991 e. The zero-order valence-corrected chi connectivity index (χ0v) is 19.0. The quantitative estimate of drug-likeness (QED) is 0.197. The summed E-state index contributed by atoms with van der Waals surface area (Å²) >= 11 is 2.36. The summed E-state index contributed by atoms with van der Waals surface area (Å²) in [6.45, 7) is 0. The Hall–Kier alpha value is -3.42. The van der Waals surface area contributed by atoms with Gasteiger partial charge in [-0.3, -0.25) is 0 Å². The van der Waals surface area contributed by atoms with Crippen LogP contribution in [-0.2, 0) is 0 Å². The summed E-state index contributed by atoms with van der Waals surface area (Å²) in [6, 6.07) is 35.3. The molecular weight excluding hydrogens is 489 g/mol. The van der Waals surface area contributed by atoms with Gasteiger partial charge in [0.15, 0.2) is 0 Å². The van der Waals surface area contributed by atoms with Gasteiger partial charge in [-0.15, -0.1) is 0 Å². The van der Waals surface area contributed by atoms with Gasteiger partial charge in [-0.2, -0.15) is 5.26 Å².